The molecular weight excluding hydrogens is 240 g/mol. The average molecular weight is 258 g/mol. The summed E-state index contributed by atoms with van der Waals surface area (Å²) >= 11 is 0. The number of fused-ring (bicyclic) bond motifs is 1. The number of benzene rings is 1. The van der Waals surface area contributed by atoms with E-state index in [-0.39, 0.29) is 11.0 Å². The number of hydrazine groups is 1. The lowest BCUT2D eigenvalue weighted by molar-refractivity contribution is 0.468. The van der Waals surface area contributed by atoms with E-state index in [1.165, 1.54) is 0 Å². The smallest absolute Gasteiger partial charge is 0.274 e. The molecule has 0 aliphatic rings. The maximum atomic E-state index is 12.0. The summed E-state index contributed by atoms with van der Waals surface area (Å²) in [5.41, 5.74) is 4.79. The highest BCUT2D eigenvalue weighted by molar-refractivity contribution is 5.74. The highest BCUT2D eigenvalue weighted by Crippen LogP contribution is 2.23. The molecule has 0 atom stereocenters. The van der Waals surface area contributed by atoms with Crippen LogP contribution in [-0.2, 0) is 0 Å². The Kier molecular flexibility index (Phi) is 3.40. The van der Waals surface area contributed by atoms with E-state index in [9.17, 15) is 4.79 Å². The first kappa shape index (κ1) is 13.3. The maximum absolute atomic E-state index is 12.0. The fraction of sp³-hybridized carbons (Fsp3) is 0.286. The third kappa shape index (κ3) is 2.82. The van der Waals surface area contributed by atoms with E-state index in [4.69, 9.17) is 5.84 Å². The van der Waals surface area contributed by atoms with Crippen LogP contribution in [0, 0.1) is 5.41 Å². The predicted molar refractivity (Wildman–Crippen MR) is 77.1 cm³/mol. The van der Waals surface area contributed by atoms with Gasteiger partial charge in [-0.25, -0.2) is 4.98 Å². The minimum absolute atomic E-state index is 0.186. The number of allylic oxidation sites excluding steroid dienone is 1. The van der Waals surface area contributed by atoms with Gasteiger partial charge < -0.3 is 10.4 Å². The highest BCUT2D eigenvalue weighted by atomic mass is 16.1. The SMILES string of the molecule is CC(C)(C)/C(=C/c1nc2ccccc2[nH]c1=O)NN. The molecule has 2 rings (SSSR count). The van der Waals surface area contributed by atoms with Gasteiger partial charge in [0.05, 0.1) is 11.0 Å². The molecule has 1 aromatic heterocycles. The van der Waals surface area contributed by atoms with Crippen molar-refractivity contribution in [2.75, 3.05) is 0 Å². The van der Waals surface area contributed by atoms with E-state index in [0.717, 1.165) is 16.7 Å². The zero-order valence-electron chi connectivity index (χ0n) is 11.3. The van der Waals surface area contributed by atoms with Crippen LogP contribution in [0.4, 0.5) is 0 Å². The lowest BCUT2D eigenvalue weighted by atomic mass is 9.91. The van der Waals surface area contributed by atoms with Gasteiger partial charge in [-0.05, 0) is 18.2 Å². The van der Waals surface area contributed by atoms with Crippen LogP contribution < -0.4 is 16.8 Å². The van der Waals surface area contributed by atoms with Crippen molar-refractivity contribution < 1.29 is 0 Å². The molecule has 1 aromatic carbocycles. The van der Waals surface area contributed by atoms with Gasteiger partial charge in [0, 0.05) is 11.1 Å². The summed E-state index contributed by atoms with van der Waals surface area (Å²) in [4.78, 5) is 19.1. The van der Waals surface area contributed by atoms with Crippen molar-refractivity contribution in [3.63, 3.8) is 0 Å². The first-order valence-corrected chi connectivity index (χ1v) is 6.09. The van der Waals surface area contributed by atoms with E-state index >= 15 is 0 Å². The Balaban J connectivity index is 2.60. The zero-order chi connectivity index (χ0) is 14.0. The zero-order valence-corrected chi connectivity index (χ0v) is 11.3. The van der Waals surface area contributed by atoms with Crippen molar-refractivity contribution in [1.29, 1.82) is 0 Å². The summed E-state index contributed by atoms with van der Waals surface area (Å²) in [6.45, 7) is 6.02. The molecule has 100 valence electrons. The molecular formula is C14H18N4O. The van der Waals surface area contributed by atoms with Crippen molar-refractivity contribution in [2.45, 2.75) is 20.8 Å². The van der Waals surface area contributed by atoms with E-state index < -0.39 is 0 Å². The van der Waals surface area contributed by atoms with E-state index in [1.54, 1.807) is 6.08 Å². The molecule has 0 bridgehead atoms. The second kappa shape index (κ2) is 4.85. The number of hydrogen-bond donors (Lipinski definition) is 3. The number of aromatic amines is 1. The fourth-order valence-electron chi connectivity index (χ4n) is 1.75. The molecule has 0 aliphatic heterocycles. The molecule has 5 heteroatoms. The van der Waals surface area contributed by atoms with Crippen LogP contribution in [0.1, 0.15) is 26.5 Å². The van der Waals surface area contributed by atoms with E-state index in [0.29, 0.717) is 5.69 Å². The summed E-state index contributed by atoms with van der Waals surface area (Å²) in [5, 5.41) is 0. The second-order valence-electron chi connectivity index (χ2n) is 5.42. The van der Waals surface area contributed by atoms with Crippen LogP contribution >= 0.6 is 0 Å². The van der Waals surface area contributed by atoms with Gasteiger partial charge in [-0.3, -0.25) is 10.6 Å². The molecule has 0 saturated heterocycles. The molecule has 0 aliphatic carbocycles. The van der Waals surface area contributed by atoms with Gasteiger partial charge in [0.15, 0.2) is 0 Å². The average Bonchev–Trinajstić information content (AvgIpc) is 2.34. The maximum Gasteiger partial charge on any atom is 0.274 e. The fourth-order valence-corrected chi connectivity index (χ4v) is 1.75. The van der Waals surface area contributed by atoms with E-state index in [2.05, 4.69) is 15.4 Å². The van der Waals surface area contributed by atoms with Crippen molar-refractivity contribution in [3.05, 3.63) is 46.0 Å². The third-order valence-corrected chi connectivity index (χ3v) is 2.87. The molecule has 0 amide bonds. The van der Waals surface area contributed by atoms with Gasteiger partial charge in [0.25, 0.3) is 5.56 Å². The summed E-state index contributed by atoms with van der Waals surface area (Å²) in [5.74, 6) is 5.51. The topological polar surface area (TPSA) is 83.8 Å². The molecule has 0 saturated carbocycles. The van der Waals surface area contributed by atoms with Crippen LogP contribution in [0.15, 0.2) is 34.8 Å². The van der Waals surface area contributed by atoms with Crippen molar-refractivity contribution >= 4 is 17.1 Å². The van der Waals surface area contributed by atoms with Crippen molar-refractivity contribution in [3.8, 4) is 0 Å². The number of para-hydroxylation sites is 2. The number of hydrogen-bond acceptors (Lipinski definition) is 4. The van der Waals surface area contributed by atoms with Gasteiger partial charge >= 0.3 is 0 Å². The van der Waals surface area contributed by atoms with Gasteiger partial charge in [0.2, 0.25) is 0 Å². The minimum Gasteiger partial charge on any atom is -0.328 e. The lowest BCUT2D eigenvalue weighted by Crippen LogP contribution is -2.30. The lowest BCUT2D eigenvalue weighted by Gasteiger charge is -2.22. The molecule has 0 fully saturated rings. The summed E-state index contributed by atoms with van der Waals surface area (Å²) < 4.78 is 0. The first-order valence-electron chi connectivity index (χ1n) is 6.09. The van der Waals surface area contributed by atoms with Crippen LogP contribution in [0.3, 0.4) is 0 Å². The Bertz CT molecular complexity index is 680. The quantitative estimate of drug-likeness (QED) is 0.566. The molecule has 0 spiro atoms. The van der Waals surface area contributed by atoms with Crippen molar-refractivity contribution in [1.82, 2.24) is 15.4 Å². The third-order valence-electron chi connectivity index (χ3n) is 2.87. The number of rotatable bonds is 2. The predicted octanol–water partition coefficient (Wildman–Crippen LogP) is 1.77. The second-order valence-corrected chi connectivity index (χ2v) is 5.42. The number of nitrogens with zero attached hydrogens (tertiary/aromatic N) is 1. The summed E-state index contributed by atoms with van der Waals surface area (Å²) in [6.07, 6.45) is 1.69. The number of aromatic nitrogens is 2. The molecule has 4 N–H and O–H groups in total. The summed E-state index contributed by atoms with van der Waals surface area (Å²) in [7, 11) is 0. The molecule has 1 heterocycles. The van der Waals surface area contributed by atoms with Gasteiger partial charge in [-0.1, -0.05) is 32.9 Å². The monoisotopic (exact) mass is 258 g/mol. The Hall–Kier alpha value is -2.14. The summed E-state index contributed by atoms with van der Waals surface area (Å²) in [6, 6.07) is 7.42. The Morgan fingerprint density at radius 3 is 2.68 bits per heavy atom. The Labute approximate surface area is 111 Å². The van der Waals surface area contributed by atoms with Gasteiger partial charge in [0.1, 0.15) is 5.69 Å². The van der Waals surface area contributed by atoms with Crippen LogP contribution in [0.5, 0.6) is 0 Å². The minimum atomic E-state index is -0.226. The standard InChI is InChI=1S/C14H18N4O/c1-14(2,3)12(18-15)8-11-13(19)17-10-7-5-4-6-9(10)16-11/h4-8,18H,15H2,1-3H3,(H,17,19)/b12-8-. The van der Waals surface area contributed by atoms with Gasteiger partial charge in [-0.2, -0.15) is 0 Å². The first-order chi connectivity index (χ1) is 8.91. The van der Waals surface area contributed by atoms with Crippen LogP contribution in [0.25, 0.3) is 17.1 Å². The number of nitrogens with one attached hydrogen (secondary N) is 2. The Morgan fingerprint density at radius 1 is 1.37 bits per heavy atom. The Morgan fingerprint density at radius 2 is 2.05 bits per heavy atom. The van der Waals surface area contributed by atoms with Crippen LogP contribution in [-0.4, -0.2) is 9.97 Å². The number of H-pyrrole nitrogens is 1. The molecule has 2 aromatic rings. The van der Waals surface area contributed by atoms with E-state index in [1.807, 2.05) is 45.0 Å². The van der Waals surface area contributed by atoms with Crippen LogP contribution in [0.2, 0.25) is 0 Å². The van der Waals surface area contributed by atoms with Gasteiger partial charge in [-0.15, -0.1) is 0 Å². The molecule has 5 nitrogen and oxygen atoms in total. The molecule has 0 unspecified atom stereocenters. The number of nitrogens with two attached hydrogens (primary N) is 1. The highest BCUT2D eigenvalue weighted by Gasteiger charge is 2.17. The largest absolute Gasteiger partial charge is 0.328 e. The normalized spacial score (nSPS) is 12.7. The molecule has 0 radical (unpaired) electrons. The molecule has 19 heavy (non-hydrogen) atoms. The van der Waals surface area contributed by atoms with Crippen molar-refractivity contribution in [2.24, 2.45) is 11.3 Å².